The van der Waals surface area contributed by atoms with Gasteiger partial charge in [-0.05, 0) is 56.1 Å². The third kappa shape index (κ3) is 5.41. The van der Waals surface area contributed by atoms with Crippen LogP contribution in [0, 0.1) is 5.82 Å². The highest BCUT2D eigenvalue weighted by Gasteiger charge is 2.27. The summed E-state index contributed by atoms with van der Waals surface area (Å²) in [4.78, 5) is 19.5. The number of nitrogens with zero attached hydrogens (tertiary/aromatic N) is 3. The Balaban J connectivity index is 1.37. The van der Waals surface area contributed by atoms with Crippen molar-refractivity contribution in [1.82, 2.24) is 19.8 Å². The number of aromatic nitrogens is 2. The lowest BCUT2D eigenvalue weighted by atomic mass is 9.97. The van der Waals surface area contributed by atoms with Crippen LogP contribution in [0.5, 0.6) is 0 Å². The molecule has 0 unspecified atom stereocenters. The zero-order valence-electron chi connectivity index (χ0n) is 19.4. The zero-order chi connectivity index (χ0) is 24.2. The van der Waals surface area contributed by atoms with Gasteiger partial charge in [-0.25, -0.2) is 14.2 Å². The molecule has 3 heterocycles. The first kappa shape index (κ1) is 23.6. The van der Waals surface area contributed by atoms with Gasteiger partial charge in [0.1, 0.15) is 18.2 Å². The molecule has 0 spiro atoms. The van der Waals surface area contributed by atoms with Crippen LogP contribution in [-0.4, -0.2) is 40.2 Å². The maximum absolute atomic E-state index is 13.7. The van der Waals surface area contributed by atoms with Gasteiger partial charge in [-0.3, -0.25) is 4.90 Å². The molecule has 1 amide bonds. The molecule has 0 atom stereocenters. The number of imidazole rings is 1. The fourth-order valence-electron chi connectivity index (χ4n) is 4.70. The molecule has 2 aromatic carbocycles. The molecule has 3 aromatic rings. The number of piperidine rings is 1. The Labute approximate surface area is 209 Å². The van der Waals surface area contributed by atoms with Crippen molar-refractivity contribution in [1.29, 1.82) is 0 Å². The van der Waals surface area contributed by atoms with Crippen LogP contribution in [-0.2, 0) is 17.9 Å². The standard InChI is InChI=1S/C27H28ClFN4O2/c28-23-15-21(8-9-24(23)29)25-17-32(26(31-25)20-10-12-30-13-11-20)16-22-7-4-14-33(22)27(34)35-18-19-5-2-1-3-6-19/h1-3,5-9,15,17,20,30H,4,10-14,16,18H2. The summed E-state index contributed by atoms with van der Waals surface area (Å²) in [7, 11) is 0. The van der Waals surface area contributed by atoms with Crippen molar-refractivity contribution in [2.75, 3.05) is 19.6 Å². The van der Waals surface area contributed by atoms with E-state index in [1.807, 2.05) is 36.5 Å². The normalized spacial score (nSPS) is 16.4. The van der Waals surface area contributed by atoms with Gasteiger partial charge in [0.05, 0.1) is 17.3 Å². The minimum Gasteiger partial charge on any atom is -0.444 e. The van der Waals surface area contributed by atoms with Crippen LogP contribution >= 0.6 is 11.6 Å². The lowest BCUT2D eigenvalue weighted by molar-refractivity contribution is 0.108. The van der Waals surface area contributed by atoms with Crippen LogP contribution < -0.4 is 5.32 Å². The quantitative estimate of drug-likeness (QED) is 0.475. The van der Waals surface area contributed by atoms with Crippen molar-refractivity contribution in [3.63, 3.8) is 0 Å². The largest absolute Gasteiger partial charge is 0.444 e. The molecule has 0 bridgehead atoms. The second-order valence-electron chi connectivity index (χ2n) is 8.94. The van der Waals surface area contributed by atoms with Gasteiger partial charge >= 0.3 is 6.09 Å². The van der Waals surface area contributed by atoms with Gasteiger partial charge in [-0.2, -0.15) is 0 Å². The van der Waals surface area contributed by atoms with Crippen molar-refractivity contribution in [2.45, 2.75) is 38.3 Å². The molecule has 182 valence electrons. The van der Waals surface area contributed by atoms with Crippen LogP contribution in [0.15, 0.2) is 66.5 Å². The van der Waals surface area contributed by atoms with Gasteiger partial charge in [0, 0.05) is 29.9 Å². The molecule has 0 saturated carbocycles. The summed E-state index contributed by atoms with van der Waals surface area (Å²) in [5.41, 5.74) is 3.37. The summed E-state index contributed by atoms with van der Waals surface area (Å²) >= 11 is 6.04. The fourth-order valence-corrected chi connectivity index (χ4v) is 4.88. The van der Waals surface area contributed by atoms with Crippen LogP contribution in [0.4, 0.5) is 9.18 Å². The predicted octanol–water partition coefficient (Wildman–Crippen LogP) is 5.74. The highest BCUT2D eigenvalue weighted by Crippen LogP contribution is 2.31. The van der Waals surface area contributed by atoms with Gasteiger partial charge in [-0.1, -0.05) is 48.0 Å². The number of nitrogens with one attached hydrogen (secondary N) is 1. The van der Waals surface area contributed by atoms with Gasteiger partial charge in [-0.15, -0.1) is 0 Å². The van der Waals surface area contributed by atoms with Crippen molar-refractivity contribution in [3.8, 4) is 11.3 Å². The number of halogens is 2. The molecule has 2 aliphatic rings. The van der Waals surface area contributed by atoms with Gasteiger partial charge < -0.3 is 14.6 Å². The Morgan fingerprint density at radius 1 is 1.17 bits per heavy atom. The van der Waals surface area contributed by atoms with Crippen LogP contribution in [0.25, 0.3) is 11.3 Å². The van der Waals surface area contributed by atoms with E-state index in [4.69, 9.17) is 21.3 Å². The minimum absolute atomic E-state index is 0.0753. The molecule has 0 aliphatic carbocycles. The number of hydrogen-bond acceptors (Lipinski definition) is 4. The molecule has 5 rings (SSSR count). The molecule has 8 heteroatoms. The van der Waals surface area contributed by atoms with E-state index in [2.05, 4.69) is 16.0 Å². The van der Waals surface area contributed by atoms with E-state index >= 15 is 0 Å². The first-order valence-electron chi connectivity index (χ1n) is 12.0. The van der Waals surface area contributed by atoms with Gasteiger partial charge in [0.15, 0.2) is 0 Å². The Hall–Kier alpha value is -3.16. The average molecular weight is 495 g/mol. The SMILES string of the molecule is O=C(OCc1ccccc1)N1CCC=C1Cn1cc(-c2ccc(F)c(Cl)c2)nc1C1CCNCC1. The summed E-state index contributed by atoms with van der Waals surface area (Å²) in [6, 6.07) is 14.3. The molecular formula is C27H28ClFN4O2. The average Bonchev–Trinajstić information content (AvgIpc) is 3.53. The molecular weight excluding hydrogens is 467 g/mol. The van der Waals surface area contributed by atoms with Crippen LogP contribution in [0.1, 0.15) is 36.6 Å². The Bertz CT molecular complexity index is 1220. The second kappa shape index (κ2) is 10.6. The van der Waals surface area contributed by atoms with Crippen molar-refractivity contribution in [3.05, 3.63) is 88.7 Å². The predicted molar refractivity (Wildman–Crippen MR) is 134 cm³/mol. The molecule has 6 nitrogen and oxygen atoms in total. The molecule has 2 aliphatic heterocycles. The van der Waals surface area contributed by atoms with Crippen LogP contribution in [0.3, 0.4) is 0 Å². The van der Waals surface area contributed by atoms with E-state index in [-0.39, 0.29) is 17.7 Å². The molecule has 1 fully saturated rings. The summed E-state index contributed by atoms with van der Waals surface area (Å²) < 4.78 is 21.4. The molecule has 1 aromatic heterocycles. The highest BCUT2D eigenvalue weighted by molar-refractivity contribution is 6.31. The van der Waals surface area contributed by atoms with Crippen molar-refractivity contribution >= 4 is 17.7 Å². The van der Waals surface area contributed by atoms with Crippen LogP contribution in [0.2, 0.25) is 5.02 Å². The summed E-state index contributed by atoms with van der Waals surface area (Å²) in [6.07, 6.45) is 6.49. The van der Waals surface area contributed by atoms with E-state index < -0.39 is 5.82 Å². The number of benzene rings is 2. The maximum atomic E-state index is 13.7. The minimum atomic E-state index is -0.450. The summed E-state index contributed by atoms with van der Waals surface area (Å²) in [5.74, 6) is 0.836. The molecule has 0 radical (unpaired) electrons. The first-order valence-corrected chi connectivity index (χ1v) is 12.4. The number of amides is 1. The Morgan fingerprint density at radius 2 is 1.97 bits per heavy atom. The molecule has 35 heavy (non-hydrogen) atoms. The lowest BCUT2D eigenvalue weighted by Gasteiger charge is -2.25. The monoisotopic (exact) mass is 494 g/mol. The van der Waals surface area contributed by atoms with E-state index in [9.17, 15) is 9.18 Å². The van der Waals surface area contributed by atoms with Crippen molar-refractivity contribution < 1.29 is 13.9 Å². The Kier molecular flexibility index (Phi) is 7.16. The van der Waals surface area contributed by atoms with Gasteiger partial charge in [0.2, 0.25) is 0 Å². The van der Waals surface area contributed by atoms with E-state index in [1.165, 1.54) is 6.07 Å². The third-order valence-electron chi connectivity index (χ3n) is 6.56. The molecule has 1 saturated heterocycles. The maximum Gasteiger partial charge on any atom is 0.414 e. The summed E-state index contributed by atoms with van der Waals surface area (Å²) in [6.45, 7) is 3.23. The zero-order valence-corrected chi connectivity index (χ0v) is 20.2. The number of carbonyl (C=O) groups is 1. The van der Waals surface area contributed by atoms with Gasteiger partial charge in [0.25, 0.3) is 0 Å². The number of allylic oxidation sites excluding steroid dienone is 1. The number of carbonyl (C=O) groups excluding carboxylic acids is 1. The first-order chi connectivity index (χ1) is 17.1. The highest BCUT2D eigenvalue weighted by atomic mass is 35.5. The molecule has 1 N–H and O–H groups in total. The second-order valence-corrected chi connectivity index (χ2v) is 9.35. The van der Waals surface area contributed by atoms with Crippen molar-refractivity contribution in [2.24, 2.45) is 0 Å². The lowest BCUT2D eigenvalue weighted by Crippen LogP contribution is -2.31. The Morgan fingerprint density at radius 3 is 2.74 bits per heavy atom. The topological polar surface area (TPSA) is 59.4 Å². The fraction of sp³-hybridized carbons (Fsp3) is 0.333. The number of hydrogen-bond donors (Lipinski definition) is 1. The third-order valence-corrected chi connectivity index (χ3v) is 6.85. The van der Waals surface area contributed by atoms with E-state index in [0.29, 0.717) is 19.0 Å². The van der Waals surface area contributed by atoms with E-state index in [0.717, 1.165) is 60.7 Å². The number of ether oxygens (including phenoxy) is 1. The smallest absolute Gasteiger partial charge is 0.414 e. The number of rotatable bonds is 6. The summed E-state index contributed by atoms with van der Waals surface area (Å²) in [5, 5.41) is 3.48. The van der Waals surface area contributed by atoms with E-state index in [1.54, 1.807) is 17.0 Å².